The molecule has 1 aliphatic carbocycles. The number of unbranched alkanes of at least 4 members (excludes halogenated alkanes) is 5. The van der Waals surface area contributed by atoms with Crippen LogP contribution in [0.15, 0.2) is 42.5 Å². The van der Waals surface area contributed by atoms with Gasteiger partial charge in [0, 0.05) is 11.6 Å². The molecule has 2 aromatic carbocycles. The van der Waals surface area contributed by atoms with Crippen molar-refractivity contribution in [1.82, 2.24) is 0 Å². The van der Waals surface area contributed by atoms with Crippen LogP contribution in [0.5, 0.6) is 5.75 Å². The maximum Gasteiger partial charge on any atom is 0.134 e. The van der Waals surface area contributed by atoms with E-state index in [1.165, 1.54) is 82.6 Å². The molecule has 32 heavy (non-hydrogen) atoms. The van der Waals surface area contributed by atoms with Gasteiger partial charge in [-0.3, -0.25) is 0 Å². The summed E-state index contributed by atoms with van der Waals surface area (Å²) in [5.41, 5.74) is 2.94. The zero-order chi connectivity index (χ0) is 22.6. The van der Waals surface area contributed by atoms with Gasteiger partial charge >= 0.3 is 0 Å². The van der Waals surface area contributed by atoms with Crippen molar-refractivity contribution in [2.45, 2.75) is 97.3 Å². The summed E-state index contributed by atoms with van der Waals surface area (Å²) in [5, 5.41) is 0. The molecular formula is C30H43FO. The summed E-state index contributed by atoms with van der Waals surface area (Å²) in [6.07, 6.45) is 16.8. The quantitative estimate of drug-likeness (QED) is 0.283. The summed E-state index contributed by atoms with van der Waals surface area (Å²) < 4.78 is 20.8. The van der Waals surface area contributed by atoms with Gasteiger partial charge in [-0.25, -0.2) is 4.39 Å². The van der Waals surface area contributed by atoms with E-state index in [4.69, 9.17) is 4.74 Å². The van der Waals surface area contributed by atoms with Crippen LogP contribution in [0.4, 0.5) is 4.39 Å². The average molecular weight is 439 g/mol. The van der Waals surface area contributed by atoms with Crippen LogP contribution in [-0.4, -0.2) is 6.61 Å². The van der Waals surface area contributed by atoms with Gasteiger partial charge in [0.15, 0.2) is 0 Å². The molecule has 0 atom stereocenters. The number of hydrogen-bond acceptors (Lipinski definition) is 1. The van der Waals surface area contributed by atoms with Crippen molar-refractivity contribution in [3.05, 3.63) is 53.8 Å². The third kappa shape index (κ3) is 7.94. The molecule has 0 amide bonds. The van der Waals surface area contributed by atoms with E-state index >= 15 is 0 Å². The summed E-state index contributed by atoms with van der Waals surface area (Å²) in [7, 11) is 0. The van der Waals surface area contributed by atoms with Gasteiger partial charge in [0.1, 0.15) is 11.6 Å². The van der Waals surface area contributed by atoms with Gasteiger partial charge in [-0.05, 0) is 60.8 Å². The number of rotatable bonds is 13. The van der Waals surface area contributed by atoms with Crippen LogP contribution in [0.1, 0.15) is 96.5 Å². The van der Waals surface area contributed by atoms with Gasteiger partial charge < -0.3 is 4.74 Å². The predicted octanol–water partition coefficient (Wildman–Crippen LogP) is 9.38. The highest BCUT2D eigenvalue weighted by atomic mass is 19.1. The predicted molar refractivity (Wildman–Crippen MR) is 135 cm³/mol. The van der Waals surface area contributed by atoms with Crippen molar-refractivity contribution in [2.24, 2.45) is 11.8 Å². The Balaban J connectivity index is 1.45. The van der Waals surface area contributed by atoms with E-state index in [1.54, 1.807) is 6.07 Å². The first-order valence-corrected chi connectivity index (χ1v) is 13.2. The molecule has 3 rings (SSSR count). The Morgan fingerprint density at radius 1 is 0.781 bits per heavy atom. The number of hydrogen-bond donors (Lipinski definition) is 0. The summed E-state index contributed by atoms with van der Waals surface area (Å²) in [4.78, 5) is 0. The zero-order valence-electron chi connectivity index (χ0n) is 20.4. The van der Waals surface area contributed by atoms with E-state index in [9.17, 15) is 4.39 Å². The highest BCUT2D eigenvalue weighted by Crippen LogP contribution is 2.33. The summed E-state index contributed by atoms with van der Waals surface area (Å²) in [6, 6.07) is 13.8. The standard InChI is InChI=1S/C30H43FO/c1-3-5-7-8-9-11-25-16-18-27(19-17-25)29-21-20-28(22-30(29)31)32-23-26-14-12-24(13-15-26)10-6-4-2/h16-22,24,26H,3-15,23H2,1-2H3. The third-order valence-electron chi connectivity index (χ3n) is 7.19. The van der Waals surface area contributed by atoms with Crippen LogP contribution in [0.2, 0.25) is 0 Å². The minimum atomic E-state index is -0.196. The second-order valence-corrected chi connectivity index (χ2v) is 9.84. The first-order chi connectivity index (χ1) is 15.7. The Morgan fingerprint density at radius 3 is 2.16 bits per heavy atom. The SMILES string of the molecule is CCCCCCCc1ccc(-c2ccc(OCC3CCC(CCCC)CC3)cc2F)cc1. The minimum Gasteiger partial charge on any atom is -0.493 e. The van der Waals surface area contributed by atoms with E-state index < -0.39 is 0 Å². The Bertz CT molecular complexity index is 774. The molecule has 0 saturated heterocycles. The van der Waals surface area contributed by atoms with E-state index in [2.05, 4.69) is 38.1 Å². The monoisotopic (exact) mass is 438 g/mol. The minimum absolute atomic E-state index is 0.196. The molecular weight excluding hydrogens is 395 g/mol. The van der Waals surface area contributed by atoms with E-state index in [1.807, 2.05) is 12.1 Å². The normalized spacial score (nSPS) is 18.6. The Morgan fingerprint density at radius 2 is 1.47 bits per heavy atom. The van der Waals surface area contributed by atoms with Crippen LogP contribution in [0.25, 0.3) is 11.1 Å². The molecule has 2 aromatic rings. The largest absolute Gasteiger partial charge is 0.493 e. The topological polar surface area (TPSA) is 9.23 Å². The summed E-state index contributed by atoms with van der Waals surface area (Å²) in [6.45, 7) is 5.23. The lowest BCUT2D eigenvalue weighted by molar-refractivity contribution is 0.177. The fraction of sp³-hybridized carbons (Fsp3) is 0.600. The molecule has 0 aliphatic heterocycles. The number of halogens is 1. The lowest BCUT2D eigenvalue weighted by Gasteiger charge is -2.28. The van der Waals surface area contributed by atoms with Gasteiger partial charge in [0.05, 0.1) is 6.61 Å². The van der Waals surface area contributed by atoms with Crippen LogP contribution in [0.3, 0.4) is 0 Å². The Labute approximate surface area is 195 Å². The maximum absolute atomic E-state index is 14.8. The first-order valence-electron chi connectivity index (χ1n) is 13.2. The lowest BCUT2D eigenvalue weighted by atomic mass is 9.80. The van der Waals surface area contributed by atoms with Crippen molar-refractivity contribution in [3.8, 4) is 16.9 Å². The molecule has 0 spiro atoms. The maximum atomic E-state index is 14.8. The van der Waals surface area contributed by atoms with Crippen LogP contribution >= 0.6 is 0 Å². The molecule has 1 nitrogen and oxygen atoms in total. The van der Waals surface area contributed by atoms with Crippen molar-refractivity contribution in [2.75, 3.05) is 6.61 Å². The second kappa shape index (κ2) is 13.7. The molecule has 0 unspecified atom stereocenters. The molecule has 0 heterocycles. The van der Waals surface area contributed by atoms with Crippen LogP contribution < -0.4 is 4.74 Å². The van der Waals surface area contributed by atoms with E-state index in [0.717, 1.165) is 17.9 Å². The van der Waals surface area contributed by atoms with Gasteiger partial charge in [0.25, 0.3) is 0 Å². The third-order valence-corrected chi connectivity index (χ3v) is 7.19. The zero-order valence-corrected chi connectivity index (χ0v) is 20.4. The Hall–Kier alpha value is -1.83. The number of ether oxygens (including phenoxy) is 1. The van der Waals surface area contributed by atoms with Gasteiger partial charge in [-0.1, -0.05) is 95.9 Å². The first kappa shape index (κ1) is 24.8. The highest BCUT2D eigenvalue weighted by molar-refractivity contribution is 5.65. The Kier molecular flexibility index (Phi) is 10.6. The molecule has 0 radical (unpaired) electrons. The molecule has 0 bridgehead atoms. The van der Waals surface area contributed by atoms with Crippen molar-refractivity contribution < 1.29 is 9.13 Å². The molecule has 0 aromatic heterocycles. The molecule has 2 heteroatoms. The fourth-order valence-electron chi connectivity index (χ4n) is 5.00. The van der Waals surface area contributed by atoms with Crippen molar-refractivity contribution >= 4 is 0 Å². The average Bonchev–Trinajstić information content (AvgIpc) is 2.82. The molecule has 176 valence electrons. The van der Waals surface area contributed by atoms with Gasteiger partial charge in [-0.15, -0.1) is 0 Å². The second-order valence-electron chi connectivity index (χ2n) is 9.84. The summed E-state index contributed by atoms with van der Waals surface area (Å²) in [5.74, 6) is 1.99. The highest BCUT2D eigenvalue weighted by Gasteiger charge is 2.21. The van der Waals surface area contributed by atoms with Gasteiger partial charge in [-0.2, -0.15) is 0 Å². The summed E-state index contributed by atoms with van der Waals surface area (Å²) >= 11 is 0. The van der Waals surface area contributed by atoms with E-state index in [-0.39, 0.29) is 5.82 Å². The lowest BCUT2D eigenvalue weighted by Crippen LogP contribution is -2.20. The fourth-order valence-corrected chi connectivity index (χ4v) is 5.00. The van der Waals surface area contributed by atoms with E-state index in [0.29, 0.717) is 23.8 Å². The smallest absolute Gasteiger partial charge is 0.134 e. The molecule has 1 fully saturated rings. The van der Waals surface area contributed by atoms with Crippen LogP contribution in [-0.2, 0) is 6.42 Å². The van der Waals surface area contributed by atoms with Crippen molar-refractivity contribution in [1.29, 1.82) is 0 Å². The van der Waals surface area contributed by atoms with Gasteiger partial charge in [0.2, 0.25) is 0 Å². The number of aryl methyl sites for hydroxylation is 1. The molecule has 0 N–H and O–H groups in total. The van der Waals surface area contributed by atoms with Crippen molar-refractivity contribution in [3.63, 3.8) is 0 Å². The molecule has 1 saturated carbocycles. The van der Waals surface area contributed by atoms with Crippen LogP contribution in [0, 0.1) is 17.7 Å². The molecule has 1 aliphatic rings. The number of benzene rings is 2.